The number of amides is 1. The summed E-state index contributed by atoms with van der Waals surface area (Å²) >= 11 is 5.91. The maximum atomic E-state index is 12.5. The summed E-state index contributed by atoms with van der Waals surface area (Å²) in [5, 5.41) is 4.35. The number of aromatic nitrogens is 1. The number of pyridine rings is 1. The summed E-state index contributed by atoms with van der Waals surface area (Å²) in [6.07, 6.45) is 0. The number of benzene rings is 2. The Morgan fingerprint density at radius 1 is 1.04 bits per heavy atom. The highest BCUT2D eigenvalue weighted by molar-refractivity contribution is 6.29. The lowest BCUT2D eigenvalue weighted by atomic mass is 10.1. The lowest BCUT2D eigenvalue weighted by Gasteiger charge is -2.18. The second-order valence-corrected chi connectivity index (χ2v) is 6.89. The van der Waals surface area contributed by atoms with Gasteiger partial charge in [-0.05, 0) is 54.5 Å². The Bertz CT molecular complexity index is 938. The van der Waals surface area contributed by atoms with Gasteiger partial charge in [0.25, 0.3) is 5.91 Å². The van der Waals surface area contributed by atoms with Crippen LogP contribution in [0.5, 0.6) is 0 Å². The van der Waals surface area contributed by atoms with Gasteiger partial charge < -0.3 is 5.32 Å². The van der Waals surface area contributed by atoms with Gasteiger partial charge in [0.1, 0.15) is 5.15 Å². The van der Waals surface area contributed by atoms with Crippen LogP contribution in [0.25, 0.3) is 10.9 Å². The van der Waals surface area contributed by atoms with Crippen molar-refractivity contribution < 1.29 is 4.79 Å². The van der Waals surface area contributed by atoms with Gasteiger partial charge >= 0.3 is 0 Å². The fourth-order valence-electron chi connectivity index (χ4n) is 3.07. The van der Waals surface area contributed by atoms with Crippen molar-refractivity contribution in [2.24, 2.45) is 0 Å². The second-order valence-electron chi connectivity index (χ2n) is 6.51. The molecule has 4 nitrogen and oxygen atoms in total. The van der Waals surface area contributed by atoms with E-state index in [1.165, 1.54) is 5.56 Å². The van der Waals surface area contributed by atoms with Crippen LogP contribution >= 0.6 is 11.6 Å². The quantitative estimate of drug-likeness (QED) is 0.605. The van der Waals surface area contributed by atoms with Gasteiger partial charge in [-0.15, -0.1) is 0 Å². The first-order valence-corrected chi connectivity index (χ1v) is 9.61. The number of fused-ring (bicyclic) bond motifs is 1. The minimum absolute atomic E-state index is 0.0963. The van der Waals surface area contributed by atoms with Crippen molar-refractivity contribution in [3.63, 3.8) is 0 Å². The zero-order chi connectivity index (χ0) is 19.2. The Balaban J connectivity index is 1.66. The number of nitrogens with one attached hydrogen (secondary N) is 1. The van der Waals surface area contributed by atoms with Crippen molar-refractivity contribution in [3.8, 4) is 0 Å². The van der Waals surface area contributed by atoms with Crippen LogP contribution in [0, 0.1) is 0 Å². The summed E-state index contributed by atoms with van der Waals surface area (Å²) < 4.78 is 0. The number of nitrogens with zero attached hydrogens (tertiary/aromatic N) is 2. The van der Waals surface area contributed by atoms with Gasteiger partial charge in [0.05, 0.1) is 5.52 Å². The topological polar surface area (TPSA) is 45.2 Å². The van der Waals surface area contributed by atoms with Crippen LogP contribution in [0.2, 0.25) is 5.15 Å². The van der Waals surface area contributed by atoms with Gasteiger partial charge in [-0.2, -0.15) is 0 Å². The van der Waals surface area contributed by atoms with Crippen molar-refractivity contribution >= 4 is 28.4 Å². The van der Waals surface area contributed by atoms with E-state index in [0.717, 1.165) is 36.1 Å². The molecule has 0 bridgehead atoms. The highest BCUT2D eigenvalue weighted by Crippen LogP contribution is 2.17. The van der Waals surface area contributed by atoms with E-state index < -0.39 is 0 Å². The summed E-state index contributed by atoms with van der Waals surface area (Å²) in [5.41, 5.74) is 3.76. The Morgan fingerprint density at radius 3 is 2.59 bits per heavy atom. The molecule has 0 fully saturated rings. The number of hydrogen-bond acceptors (Lipinski definition) is 3. The molecule has 0 saturated carbocycles. The predicted octanol–water partition coefficient (Wildman–Crippen LogP) is 4.66. The molecule has 0 saturated heterocycles. The molecule has 0 atom stereocenters. The molecular formula is C22H24ClN3O. The van der Waals surface area contributed by atoms with E-state index in [0.29, 0.717) is 17.3 Å². The van der Waals surface area contributed by atoms with Crippen LogP contribution in [-0.4, -0.2) is 28.9 Å². The average molecular weight is 382 g/mol. The lowest BCUT2D eigenvalue weighted by molar-refractivity contribution is 0.0951. The zero-order valence-electron chi connectivity index (χ0n) is 15.7. The first-order valence-electron chi connectivity index (χ1n) is 9.23. The van der Waals surface area contributed by atoms with Crippen molar-refractivity contribution in [2.75, 3.05) is 13.1 Å². The second kappa shape index (κ2) is 8.98. The molecular weight excluding hydrogens is 358 g/mol. The van der Waals surface area contributed by atoms with Crippen molar-refractivity contribution in [2.45, 2.75) is 26.9 Å². The molecule has 1 aromatic heterocycles. The normalized spacial score (nSPS) is 11.1. The molecule has 0 radical (unpaired) electrons. The van der Waals surface area contributed by atoms with E-state index in [2.05, 4.69) is 41.2 Å². The third-order valence-electron chi connectivity index (χ3n) is 4.66. The Hall–Kier alpha value is -2.43. The number of hydrogen-bond donors (Lipinski definition) is 1. The maximum Gasteiger partial charge on any atom is 0.251 e. The van der Waals surface area contributed by atoms with E-state index in [4.69, 9.17) is 11.6 Å². The predicted molar refractivity (Wildman–Crippen MR) is 111 cm³/mol. The number of carbonyl (C=O) groups is 1. The third kappa shape index (κ3) is 5.06. The van der Waals surface area contributed by atoms with Gasteiger partial charge in [-0.25, -0.2) is 4.98 Å². The van der Waals surface area contributed by atoms with E-state index in [1.807, 2.05) is 30.3 Å². The SMILES string of the molecule is CCN(CC)Cc1cccc(CNC(=O)c2ccc3nc(Cl)ccc3c2)c1. The number of carbonyl (C=O) groups excluding carboxylic acids is 1. The largest absolute Gasteiger partial charge is 0.348 e. The summed E-state index contributed by atoms with van der Waals surface area (Å²) in [5.74, 6) is -0.0963. The third-order valence-corrected chi connectivity index (χ3v) is 4.87. The molecule has 1 N–H and O–H groups in total. The minimum atomic E-state index is -0.0963. The van der Waals surface area contributed by atoms with Crippen LogP contribution in [-0.2, 0) is 13.1 Å². The molecule has 27 heavy (non-hydrogen) atoms. The Labute approximate surface area is 165 Å². The van der Waals surface area contributed by atoms with Crippen LogP contribution in [0.4, 0.5) is 0 Å². The summed E-state index contributed by atoms with van der Waals surface area (Å²) in [4.78, 5) is 19.1. The standard InChI is InChI=1S/C22H24ClN3O/c1-3-26(4-2)15-17-7-5-6-16(12-17)14-24-22(27)19-8-10-20-18(13-19)9-11-21(23)25-20/h5-13H,3-4,14-15H2,1-2H3,(H,24,27). The van der Waals surface area contributed by atoms with Crippen LogP contribution in [0.1, 0.15) is 35.3 Å². The van der Waals surface area contributed by atoms with Gasteiger partial charge in [0.2, 0.25) is 0 Å². The molecule has 140 valence electrons. The zero-order valence-corrected chi connectivity index (χ0v) is 16.5. The van der Waals surface area contributed by atoms with E-state index in [9.17, 15) is 4.79 Å². The fraction of sp³-hybridized carbons (Fsp3) is 0.273. The first kappa shape index (κ1) is 19.3. The summed E-state index contributed by atoms with van der Waals surface area (Å²) in [7, 11) is 0. The molecule has 0 aliphatic rings. The fourth-order valence-corrected chi connectivity index (χ4v) is 3.22. The molecule has 1 heterocycles. The maximum absolute atomic E-state index is 12.5. The van der Waals surface area contributed by atoms with Gasteiger partial charge in [-0.1, -0.05) is 49.7 Å². The minimum Gasteiger partial charge on any atom is -0.348 e. The Kier molecular flexibility index (Phi) is 6.43. The van der Waals surface area contributed by atoms with Gasteiger partial charge in [-0.3, -0.25) is 9.69 Å². The highest BCUT2D eigenvalue weighted by atomic mass is 35.5. The monoisotopic (exact) mass is 381 g/mol. The van der Waals surface area contributed by atoms with E-state index in [-0.39, 0.29) is 5.91 Å². The summed E-state index contributed by atoms with van der Waals surface area (Å²) in [6, 6.07) is 17.4. The van der Waals surface area contributed by atoms with E-state index >= 15 is 0 Å². The molecule has 3 aromatic rings. The molecule has 0 aliphatic carbocycles. The molecule has 0 spiro atoms. The Morgan fingerprint density at radius 2 is 1.81 bits per heavy atom. The molecule has 0 aliphatic heterocycles. The van der Waals surface area contributed by atoms with Gasteiger partial charge in [0.15, 0.2) is 0 Å². The van der Waals surface area contributed by atoms with Crippen molar-refractivity contribution in [1.82, 2.24) is 15.2 Å². The summed E-state index contributed by atoms with van der Waals surface area (Å²) in [6.45, 7) is 7.82. The van der Waals surface area contributed by atoms with E-state index in [1.54, 1.807) is 12.1 Å². The smallest absolute Gasteiger partial charge is 0.251 e. The molecule has 3 rings (SSSR count). The number of rotatable bonds is 7. The van der Waals surface area contributed by atoms with Crippen molar-refractivity contribution in [3.05, 3.63) is 76.4 Å². The van der Waals surface area contributed by atoms with Gasteiger partial charge in [0, 0.05) is 24.0 Å². The molecule has 2 aromatic carbocycles. The first-order chi connectivity index (χ1) is 13.1. The van der Waals surface area contributed by atoms with Crippen LogP contribution in [0.15, 0.2) is 54.6 Å². The van der Waals surface area contributed by atoms with Crippen LogP contribution in [0.3, 0.4) is 0 Å². The number of halogens is 1. The van der Waals surface area contributed by atoms with Crippen LogP contribution < -0.4 is 5.32 Å². The van der Waals surface area contributed by atoms with Crippen molar-refractivity contribution in [1.29, 1.82) is 0 Å². The lowest BCUT2D eigenvalue weighted by Crippen LogP contribution is -2.23. The molecule has 0 unspecified atom stereocenters. The average Bonchev–Trinajstić information content (AvgIpc) is 2.70. The highest BCUT2D eigenvalue weighted by Gasteiger charge is 2.08. The molecule has 1 amide bonds. The molecule has 5 heteroatoms.